The molecule has 0 spiro atoms. The molecule has 0 radical (unpaired) electrons. The normalized spacial score (nSPS) is 24.0. The molecule has 12 heavy (non-hydrogen) atoms. The zero-order chi connectivity index (χ0) is 9.24. The highest BCUT2D eigenvalue weighted by molar-refractivity contribution is 4.92. The van der Waals surface area contributed by atoms with Gasteiger partial charge in [-0.2, -0.15) is 0 Å². The van der Waals surface area contributed by atoms with E-state index >= 15 is 0 Å². The first-order valence-electron chi connectivity index (χ1n) is 4.17. The Balaban J connectivity index is 2.73. The van der Waals surface area contributed by atoms with Crippen LogP contribution in [0.15, 0.2) is 0 Å². The molecule has 1 rings (SSSR count). The van der Waals surface area contributed by atoms with E-state index in [4.69, 9.17) is 10.5 Å². The van der Waals surface area contributed by atoms with Crippen LogP contribution in [-0.2, 0) is 4.74 Å². The summed E-state index contributed by atoms with van der Waals surface area (Å²) in [6, 6.07) is 0. The van der Waals surface area contributed by atoms with Crippen molar-refractivity contribution >= 4 is 0 Å². The van der Waals surface area contributed by atoms with Crippen molar-refractivity contribution in [2.45, 2.75) is 25.7 Å². The largest absolute Gasteiger partial charge is 0.381 e. The first-order valence-corrected chi connectivity index (χ1v) is 4.17. The third-order valence-corrected chi connectivity index (χ3v) is 2.77. The van der Waals surface area contributed by atoms with E-state index in [1.165, 1.54) is 0 Å². The third kappa shape index (κ3) is 1.59. The average molecular weight is 179 g/mol. The Bertz CT molecular complexity index is 150. The Morgan fingerprint density at radius 2 is 1.92 bits per heavy atom. The monoisotopic (exact) mass is 179 g/mol. The minimum Gasteiger partial charge on any atom is -0.381 e. The number of hydrogen-bond donors (Lipinski definition) is 1. The SMILES string of the molecule is CC(F)(F)C1(CN)CCOCC1. The minimum atomic E-state index is -2.69. The van der Waals surface area contributed by atoms with Crippen molar-refractivity contribution in [3.05, 3.63) is 0 Å². The molecule has 0 aromatic heterocycles. The predicted octanol–water partition coefficient (Wildman–Crippen LogP) is 1.40. The van der Waals surface area contributed by atoms with Crippen LogP contribution in [0.4, 0.5) is 8.78 Å². The van der Waals surface area contributed by atoms with Crippen LogP contribution in [0, 0.1) is 5.41 Å². The van der Waals surface area contributed by atoms with Gasteiger partial charge < -0.3 is 10.5 Å². The van der Waals surface area contributed by atoms with Crippen LogP contribution < -0.4 is 5.73 Å². The molecule has 0 aliphatic carbocycles. The van der Waals surface area contributed by atoms with Gasteiger partial charge in [-0.15, -0.1) is 0 Å². The molecule has 1 saturated heterocycles. The van der Waals surface area contributed by atoms with Crippen LogP contribution in [0.2, 0.25) is 0 Å². The molecule has 0 aromatic carbocycles. The van der Waals surface area contributed by atoms with Gasteiger partial charge in [-0.3, -0.25) is 0 Å². The Morgan fingerprint density at radius 3 is 2.17 bits per heavy atom. The van der Waals surface area contributed by atoms with Gasteiger partial charge in [0.1, 0.15) is 0 Å². The summed E-state index contributed by atoms with van der Waals surface area (Å²) in [7, 11) is 0. The van der Waals surface area contributed by atoms with Crippen molar-refractivity contribution in [1.82, 2.24) is 0 Å². The van der Waals surface area contributed by atoms with Crippen LogP contribution in [0.3, 0.4) is 0 Å². The van der Waals surface area contributed by atoms with Gasteiger partial charge in [-0.05, 0) is 19.8 Å². The zero-order valence-corrected chi connectivity index (χ0v) is 7.28. The summed E-state index contributed by atoms with van der Waals surface area (Å²) in [6.45, 7) is 1.80. The molecule has 2 N–H and O–H groups in total. The van der Waals surface area contributed by atoms with Gasteiger partial charge in [0.05, 0.1) is 5.41 Å². The fraction of sp³-hybridized carbons (Fsp3) is 1.00. The Hall–Kier alpha value is -0.220. The minimum absolute atomic E-state index is 0.0415. The molecule has 1 heterocycles. The molecule has 0 saturated carbocycles. The molecule has 0 bridgehead atoms. The number of hydrogen-bond acceptors (Lipinski definition) is 2. The lowest BCUT2D eigenvalue weighted by molar-refractivity contribution is -0.145. The lowest BCUT2D eigenvalue weighted by atomic mass is 9.75. The van der Waals surface area contributed by atoms with Crippen molar-refractivity contribution in [3.63, 3.8) is 0 Å². The summed E-state index contributed by atoms with van der Waals surface area (Å²) in [6.07, 6.45) is 0.736. The maximum absolute atomic E-state index is 13.1. The molecular formula is C8H15F2NO. The first kappa shape index (κ1) is 9.86. The van der Waals surface area contributed by atoms with Crippen LogP contribution in [0.5, 0.6) is 0 Å². The van der Waals surface area contributed by atoms with Gasteiger partial charge in [0.2, 0.25) is 0 Å². The average Bonchev–Trinajstić information content (AvgIpc) is 2.04. The van der Waals surface area contributed by atoms with Crippen LogP contribution in [-0.4, -0.2) is 25.7 Å². The molecule has 0 aromatic rings. The number of nitrogens with two attached hydrogens (primary N) is 1. The van der Waals surface area contributed by atoms with Crippen molar-refractivity contribution in [2.75, 3.05) is 19.8 Å². The van der Waals surface area contributed by atoms with E-state index in [9.17, 15) is 8.78 Å². The fourth-order valence-electron chi connectivity index (χ4n) is 1.58. The molecule has 4 heteroatoms. The number of ether oxygens (including phenoxy) is 1. The highest BCUT2D eigenvalue weighted by Gasteiger charge is 2.49. The molecule has 1 fully saturated rings. The Kier molecular flexibility index (Phi) is 2.68. The van der Waals surface area contributed by atoms with E-state index < -0.39 is 11.3 Å². The maximum atomic E-state index is 13.1. The van der Waals surface area contributed by atoms with E-state index in [0.717, 1.165) is 6.92 Å². The second kappa shape index (κ2) is 3.26. The smallest absolute Gasteiger partial charge is 0.252 e. The van der Waals surface area contributed by atoms with Gasteiger partial charge in [-0.1, -0.05) is 0 Å². The van der Waals surface area contributed by atoms with Gasteiger partial charge in [0.25, 0.3) is 5.92 Å². The third-order valence-electron chi connectivity index (χ3n) is 2.77. The van der Waals surface area contributed by atoms with Crippen molar-refractivity contribution in [3.8, 4) is 0 Å². The van der Waals surface area contributed by atoms with Gasteiger partial charge in [0, 0.05) is 19.8 Å². The van der Waals surface area contributed by atoms with Crippen molar-refractivity contribution in [2.24, 2.45) is 11.1 Å². The lowest BCUT2D eigenvalue weighted by Gasteiger charge is -2.40. The number of halogens is 2. The highest BCUT2D eigenvalue weighted by atomic mass is 19.3. The molecule has 0 atom stereocenters. The predicted molar refractivity (Wildman–Crippen MR) is 42.2 cm³/mol. The molecule has 2 nitrogen and oxygen atoms in total. The molecule has 72 valence electrons. The zero-order valence-electron chi connectivity index (χ0n) is 7.28. The number of alkyl halides is 2. The van der Waals surface area contributed by atoms with E-state index in [2.05, 4.69) is 0 Å². The quantitative estimate of drug-likeness (QED) is 0.695. The number of rotatable bonds is 2. The second-order valence-corrected chi connectivity index (χ2v) is 3.49. The summed E-state index contributed by atoms with van der Waals surface area (Å²) in [5.41, 5.74) is 4.37. The maximum Gasteiger partial charge on any atom is 0.252 e. The standard InChI is InChI=1S/C8H15F2NO/c1-7(9,10)8(6-11)2-4-12-5-3-8/h2-6,11H2,1H3. The summed E-state index contributed by atoms with van der Waals surface area (Å²) >= 11 is 0. The molecule has 1 aliphatic heterocycles. The van der Waals surface area contributed by atoms with Gasteiger partial charge in [-0.25, -0.2) is 8.78 Å². The second-order valence-electron chi connectivity index (χ2n) is 3.49. The van der Waals surface area contributed by atoms with Gasteiger partial charge in [0.15, 0.2) is 0 Å². The summed E-state index contributed by atoms with van der Waals surface area (Å²) < 4.78 is 31.3. The molecular weight excluding hydrogens is 164 g/mol. The van der Waals surface area contributed by atoms with E-state index in [1.807, 2.05) is 0 Å². The summed E-state index contributed by atoms with van der Waals surface area (Å²) in [5.74, 6) is -2.69. The summed E-state index contributed by atoms with van der Waals surface area (Å²) in [5, 5.41) is 0. The fourth-order valence-corrected chi connectivity index (χ4v) is 1.58. The van der Waals surface area contributed by atoms with E-state index in [0.29, 0.717) is 26.1 Å². The summed E-state index contributed by atoms with van der Waals surface area (Å²) in [4.78, 5) is 0. The van der Waals surface area contributed by atoms with E-state index in [1.54, 1.807) is 0 Å². The van der Waals surface area contributed by atoms with Crippen molar-refractivity contribution in [1.29, 1.82) is 0 Å². The van der Waals surface area contributed by atoms with Crippen LogP contribution in [0.25, 0.3) is 0 Å². The van der Waals surface area contributed by atoms with Gasteiger partial charge >= 0.3 is 0 Å². The molecule has 0 amide bonds. The topological polar surface area (TPSA) is 35.2 Å². The molecule has 0 unspecified atom stereocenters. The lowest BCUT2D eigenvalue weighted by Crippen LogP contribution is -2.48. The Labute approximate surface area is 71.1 Å². The molecule has 1 aliphatic rings. The highest BCUT2D eigenvalue weighted by Crippen LogP contribution is 2.43. The Morgan fingerprint density at radius 1 is 1.42 bits per heavy atom. The van der Waals surface area contributed by atoms with Crippen LogP contribution >= 0.6 is 0 Å². The van der Waals surface area contributed by atoms with E-state index in [-0.39, 0.29) is 6.54 Å². The van der Waals surface area contributed by atoms with Crippen LogP contribution in [0.1, 0.15) is 19.8 Å². The first-order chi connectivity index (χ1) is 5.52. The van der Waals surface area contributed by atoms with Crippen molar-refractivity contribution < 1.29 is 13.5 Å².